The first-order chi connectivity index (χ1) is 16.6. The molecule has 0 saturated carbocycles. The molecule has 0 radical (unpaired) electrons. The van der Waals surface area contributed by atoms with Crippen LogP contribution in [-0.4, -0.2) is 43.0 Å². The molecule has 0 aliphatic rings. The van der Waals surface area contributed by atoms with Gasteiger partial charge in [0, 0.05) is 25.7 Å². The number of hydrogen-bond donors (Lipinski definition) is 3. The first kappa shape index (κ1) is 22.5. The van der Waals surface area contributed by atoms with Crippen LogP contribution in [0.5, 0.6) is 0 Å². The Labute approximate surface area is 201 Å². The van der Waals surface area contributed by atoms with Crippen LogP contribution in [0.15, 0.2) is 42.6 Å². The maximum atomic E-state index is 14.9. The van der Waals surface area contributed by atoms with Gasteiger partial charge < -0.3 is 15.6 Å². The zero-order chi connectivity index (χ0) is 23.5. The van der Waals surface area contributed by atoms with Crippen molar-refractivity contribution in [1.82, 2.24) is 35.2 Å². The first-order valence-electron chi connectivity index (χ1n) is 10.5. The summed E-state index contributed by atoms with van der Waals surface area (Å²) in [6.45, 7) is 0.715. The van der Waals surface area contributed by atoms with Crippen molar-refractivity contribution in [3.8, 4) is 0 Å². The summed E-state index contributed by atoms with van der Waals surface area (Å²) in [7, 11) is 0. The predicted octanol–water partition coefficient (Wildman–Crippen LogP) is 4.61. The van der Waals surface area contributed by atoms with Crippen LogP contribution in [0.1, 0.15) is 22.7 Å². The molecule has 5 aromatic rings. The Kier molecular flexibility index (Phi) is 6.57. The van der Waals surface area contributed by atoms with Gasteiger partial charge in [-0.15, -0.1) is 0 Å². The highest BCUT2D eigenvalue weighted by atomic mass is 35.5. The van der Waals surface area contributed by atoms with E-state index in [1.807, 2.05) is 24.3 Å². The van der Waals surface area contributed by atoms with Crippen LogP contribution >= 0.6 is 22.9 Å². The summed E-state index contributed by atoms with van der Waals surface area (Å²) >= 11 is 7.13. The van der Waals surface area contributed by atoms with Crippen LogP contribution in [0.2, 0.25) is 5.28 Å². The minimum absolute atomic E-state index is 0.00828. The Morgan fingerprint density at radius 1 is 1.09 bits per heavy atom. The molecular formula is C22H19ClF2N8S. The monoisotopic (exact) mass is 500 g/mol. The maximum absolute atomic E-state index is 14.9. The van der Waals surface area contributed by atoms with E-state index in [0.29, 0.717) is 29.1 Å². The Morgan fingerprint density at radius 2 is 1.97 bits per heavy atom. The number of halogens is 3. The van der Waals surface area contributed by atoms with Crippen molar-refractivity contribution in [1.29, 1.82) is 0 Å². The van der Waals surface area contributed by atoms with Crippen molar-refractivity contribution in [3.63, 3.8) is 0 Å². The fourth-order valence-corrected chi connectivity index (χ4v) is 4.57. The number of aromatic nitrogens is 6. The standard InChI is InChI=1S/C22H19ClF2N8S/c23-22-32-19(28-11-16-12(24)4-3-8-27-16)18-21(33-22)34-20(31-18)13(25)10-26-9-7-17-29-14-5-1-2-6-15(14)30-17/h1-6,8,13,26H,7,9-11H2,(H,29,30)(H,28,32,33)/t13-/m1/s1. The van der Waals surface area contributed by atoms with Gasteiger partial charge in [0.05, 0.1) is 23.3 Å². The summed E-state index contributed by atoms with van der Waals surface area (Å²) in [4.78, 5) is 24.9. The summed E-state index contributed by atoms with van der Waals surface area (Å²) in [5.41, 5.74) is 2.49. The lowest BCUT2D eigenvalue weighted by atomic mass is 10.3. The van der Waals surface area contributed by atoms with Crippen LogP contribution in [-0.2, 0) is 13.0 Å². The fourth-order valence-electron chi connectivity index (χ4n) is 3.43. The van der Waals surface area contributed by atoms with E-state index in [1.165, 1.54) is 18.3 Å². The van der Waals surface area contributed by atoms with Gasteiger partial charge >= 0.3 is 0 Å². The first-order valence-corrected chi connectivity index (χ1v) is 11.7. The highest BCUT2D eigenvalue weighted by Crippen LogP contribution is 2.31. The third kappa shape index (κ3) is 4.96. The molecule has 0 fully saturated rings. The topological polar surface area (TPSA) is 104 Å². The highest BCUT2D eigenvalue weighted by molar-refractivity contribution is 7.18. The number of pyridine rings is 1. The molecule has 174 valence electrons. The molecule has 1 aromatic carbocycles. The molecule has 0 spiro atoms. The molecule has 0 unspecified atom stereocenters. The Morgan fingerprint density at radius 3 is 2.82 bits per heavy atom. The van der Waals surface area contributed by atoms with E-state index in [4.69, 9.17) is 11.6 Å². The molecule has 12 heteroatoms. The third-order valence-corrected chi connectivity index (χ3v) is 6.28. The quantitative estimate of drug-likeness (QED) is 0.200. The number of fused-ring (bicyclic) bond motifs is 2. The predicted molar refractivity (Wildman–Crippen MR) is 128 cm³/mol. The van der Waals surface area contributed by atoms with Crippen LogP contribution < -0.4 is 10.6 Å². The molecule has 4 heterocycles. The average Bonchev–Trinajstić information content (AvgIpc) is 3.45. The number of anilines is 1. The van der Waals surface area contributed by atoms with E-state index in [9.17, 15) is 8.78 Å². The summed E-state index contributed by atoms with van der Waals surface area (Å²) in [6.07, 6.45) is 0.800. The summed E-state index contributed by atoms with van der Waals surface area (Å²) < 4.78 is 28.8. The maximum Gasteiger partial charge on any atom is 0.225 e. The second-order valence-electron chi connectivity index (χ2n) is 7.45. The number of thiazole rings is 1. The largest absolute Gasteiger partial charge is 0.362 e. The molecule has 0 bridgehead atoms. The zero-order valence-electron chi connectivity index (χ0n) is 17.7. The lowest BCUT2D eigenvalue weighted by Gasteiger charge is -2.07. The number of aromatic amines is 1. The number of imidazole rings is 1. The number of H-pyrrole nitrogens is 1. The van der Waals surface area contributed by atoms with E-state index in [1.54, 1.807) is 0 Å². The van der Waals surface area contributed by atoms with E-state index < -0.39 is 12.0 Å². The van der Waals surface area contributed by atoms with Crippen molar-refractivity contribution >= 4 is 50.1 Å². The van der Waals surface area contributed by atoms with Gasteiger partial charge in [0.25, 0.3) is 0 Å². The minimum atomic E-state index is -1.34. The van der Waals surface area contributed by atoms with Gasteiger partial charge in [-0.1, -0.05) is 23.5 Å². The molecule has 4 aromatic heterocycles. The van der Waals surface area contributed by atoms with Crippen LogP contribution in [0.4, 0.5) is 14.6 Å². The van der Waals surface area contributed by atoms with E-state index >= 15 is 0 Å². The third-order valence-electron chi connectivity index (χ3n) is 5.07. The van der Waals surface area contributed by atoms with E-state index in [2.05, 4.69) is 40.5 Å². The second kappa shape index (κ2) is 9.92. The van der Waals surface area contributed by atoms with Gasteiger partial charge in [-0.25, -0.2) is 23.7 Å². The number of alkyl halides is 1. The van der Waals surface area contributed by atoms with Gasteiger partial charge in [0.2, 0.25) is 5.28 Å². The summed E-state index contributed by atoms with van der Waals surface area (Å²) in [5.74, 6) is 0.699. The molecule has 34 heavy (non-hydrogen) atoms. The van der Waals surface area contributed by atoms with E-state index in [0.717, 1.165) is 28.2 Å². The van der Waals surface area contributed by atoms with Crippen LogP contribution in [0.3, 0.4) is 0 Å². The van der Waals surface area contributed by atoms with Crippen molar-refractivity contribution < 1.29 is 8.78 Å². The number of rotatable bonds is 9. The number of nitrogens with zero attached hydrogens (tertiary/aromatic N) is 5. The molecular weight excluding hydrogens is 482 g/mol. The van der Waals surface area contributed by atoms with Crippen LogP contribution in [0.25, 0.3) is 21.4 Å². The number of benzene rings is 1. The zero-order valence-corrected chi connectivity index (χ0v) is 19.3. The Hall–Kier alpha value is -3.28. The van der Waals surface area contributed by atoms with Crippen LogP contribution in [0, 0.1) is 5.82 Å². The second-order valence-corrected chi connectivity index (χ2v) is 8.80. The molecule has 1 atom stereocenters. The molecule has 5 rings (SSSR count). The van der Waals surface area contributed by atoms with Gasteiger partial charge in [-0.2, -0.15) is 4.98 Å². The molecule has 0 aliphatic heterocycles. The molecule has 8 nitrogen and oxygen atoms in total. The molecule has 0 saturated heterocycles. The average molecular weight is 501 g/mol. The SMILES string of the molecule is Fc1cccnc1CNc1nc(Cl)nc2sc([C@H](F)CNCCc3nc4ccccc4[nH]3)nc12. The number of nitrogens with one attached hydrogen (secondary N) is 3. The van der Waals surface area contributed by atoms with Crippen molar-refractivity contribution in [2.75, 3.05) is 18.4 Å². The lowest BCUT2D eigenvalue weighted by molar-refractivity contribution is 0.328. The van der Waals surface area contributed by atoms with Crippen molar-refractivity contribution in [2.24, 2.45) is 0 Å². The Bertz CT molecular complexity index is 1410. The van der Waals surface area contributed by atoms with E-state index in [-0.39, 0.29) is 29.1 Å². The van der Waals surface area contributed by atoms with Gasteiger partial charge in [0.15, 0.2) is 16.8 Å². The fraction of sp³-hybridized carbons (Fsp3) is 0.227. The summed E-state index contributed by atoms with van der Waals surface area (Å²) in [6, 6.07) is 10.6. The highest BCUT2D eigenvalue weighted by Gasteiger charge is 2.19. The molecule has 3 N–H and O–H groups in total. The Balaban J connectivity index is 1.22. The minimum Gasteiger partial charge on any atom is -0.362 e. The molecule has 0 amide bonds. The van der Waals surface area contributed by atoms with Crippen molar-refractivity contribution in [3.05, 3.63) is 70.2 Å². The van der Waals surface area contributed by atoms with Crippen molar-refractivity contribution in [2.45, 2.75) is 19.1 Å². The smallest absolute Gasteiger partial charge is 0.225 e. The van der Waals surface area contributed by atoms with Gasteiger partial charge in [-0.3, -0.25) is 4.98 Å². The number of hydrogen-bond acceptors (Lipinski definition) is 8. The van der Waals surface area contributed by atoms with Gasteiger partial charge in [0.1, 0.15) is 22.2 Å². The summed E-state index contributed by atoms with van der Waals surface area (Å²) in [5, 5.41) is 6.33. The molecule has 0 aliphatic carbocycles. The number of para-hydroxylation sites is 2. The lowest BCUT2D eigenvalue weighted by Crippen LogP contribution is -2.22. The van der Waals surface area contributed by atoms with Gasteiger partial charge in [-0.05, 0) is 35.9 Å². The normalized spacial score (nSPS) is 12.4.